The van der Waals surface area contributed by atoms with E-state index in [0.29, 0.717) is 5.11 Å². The minimum absolute atomic E-state index is 0.537. The Labute approximate surface area is 165 Å². The number of nitrogens with zero attached hydrogens (tertiary/aromatic N) is 4. The van der Waals surface area contributed by atoms with E-state index in [1.54, 1.807) is 0 Å². The van der Waals surface area contributed by atoms with Crippen molar-refractivity contribution in [2.75, 3.05) is 10.6 Å². The smallest absolute Gasteiger partial charge is 0.175 e. The van der Waals surface area contributed by atoms with E-state index < -0.39 is 0 Å². The van der Waals surface area contributed by atoms with Gasteiger partial charge in [0.2, 0.25) is 0 Å². The van der Waals surface area contributed by atoms with Gasteiger partial charge < -0.3 is 10.6 Å². The van der Waals surface area contributed by atoms with Gasteiger partial charge in [0.25, 0.3) is 0 Å². The number of aryl methyl sites for hydroxylation is 4. The number of thiocarbonyl (C=S) groups is 1. The molecule has 0 aliphatic rings. The van der Waals surface area contributed by atoms with Gasteiger partial charge in [-0.1, -0.05) is 29.8 Å². The van der Waals surface area contributed by atoms with E-state index in [1.165, 1.54) is 11.1 Å². The summed E-state index contributed by atoms with van der Waals surface area (Å²) in [5.74, 6) is 0. The summed E-state index contributed by atoms with van der Waals surface area (Å²) in [4.78, 5) is 0. The van der Waals surface area contributed by atoms with Gasteiger partial charge in [0.15, 0.2) is 5.11 Å². The summed E-state index contributed by atoms with van der Waals surface area (Å²) in [5.41, 5.74) is 8.30. The summed E-state index contributed by atoms with van der Waals surface area (Å²) < 4.78 is 3.85. The second-order valence-electron chi connectivity index (χ2n) is 6.94. The van der Waals surface area contributed by atoms with Crippen molar-refractivity contribution in [1.82, 2.24) is 19.6 Å². The molecule has 3 rings (SSSR count). The Hall–Kier alpha value is -2.67. The van der Waals surface area contributed by atoms with Crippen molar-refractivity contribution in [3.05, 3.63) is 58.2 Å². The van der Waals surface area contributed by atoms with Gasteiger partial charge in [0.1, 0.15) is 0 Å². The fourth-order valence-corrected chi connectivity index (χ4v) is 3.32. The van der Waals surface area contributed by atoms with E-state index in [-0.39, 0.29) is 0 Å². The Bertz CT molecular complexity index is 981. The molecule has 0 saturated carbocycles. The third kappa shape index (κ3) is 4.03. The topological polar surface area (TPSA) is 59.7 Å². The maximum atomic E-state index is 5.52. The van der Waals surface area contributed by atoms with Gasteiger partial charge >= 0.3 is 0 Å². The van der Waals surface area contributed by atoms with E-state index >= 15 is 0 Å². The SMILES string of the molecule is Cc1ccc(Cn2nc(C)c(NC(=S)Nc3c(C)nn(C)c3C)c2C)cc1. The van der Waals surface area contributed by atoms with Crippen LogP contribution >= 0.6 is 12.2 Å². The molecule has 0 atom stereocenters. The van der Waals surface area contributed by atoms with Crippen molar-refractivity contribution >= 4 is 28.7 Å². The normalized spacial score (nSPS) is 10.9. The summed E-state index contributed by atoms with van der Waals surface area (Å²) in [6, 6.07) is 8.52. The molecule has 7 heteroatoms. The van der Waals surface area contributed by atoms with Crippen LogP contribution in [0.1, 0.15) is 33.9 Å². The minimum atomic E-state index is 0.537. The van der Waals surface area contributed by atoms with Crippen molar-refractivity contribution < 1.29 is 0 Å². The third-order valence-corrected chi connectivity index (χ3v) is 5.02. The zero-order chi connectivity index (χ0) is 19.7. The Balaban J connectivity index is 1.76. The molecule has 2 N–H and O–H groups in total. The number of aromatic nitrogens is 4. The average Bonchev–Trinajstić information content (AvgIpc) is 3.01. The molecular weight excluding hydrogens is 356 g/mol. The maximum Gasteiger partial charge on any atom is 0.175 e. The van der Waals surface area contributed by atoms with Gasteiger partial charge in [-0.3, -0.25) is 9.36 Å². The van der Waals surface area contributed by atoms with Crippen LogP contribution < -0.4 is 10.6 Å². The van der Waals surface area contributed by atoms with Crippen LogP contribution in [0.4, 0.5) is 11.4 Å². The molecule has 0 unspecified atom stereocenters. The summed E-state index contributed by atoms with van der Waals surface area (Å²) in [5, 5.41) is 16.2. The van der Waals surface area contributed by atoms with Crippen molar-refractivity contribution in [1.29, 1.82) is 0 Å². The van der Waals surface area contributed by atoms with Gasteiger partial charge in [0, 0.05) is 7.05 Å². The molecule has 0 bridgehead atoms. The van der Waals surface area contributed by atoms with E-state index in [9.17, 15) is 0 Å². The highest BCUT2D eigenvalue weighted by Crippen LogP contribution is 2.23. The molecule has 0 spiro atoms. The fraction of sp³-hybridized carbons (Fsp3) is 0.350. The molecule has 3 aromatic rings. The summed E-state index contributed by atoms with van der Waals surface area (Å²) in [7, 11) is 1.92. The number of hydrogen-bond donors (Lipinski definition) is 2. The van der Waals surface area contributed by atoms with Gasteiger partial charge in [0.05, 0.1) is 40.7 Å². The van der Waals surface area contributed by atoms with E-state index in [1.807, 2.05) is 37.2 Å². The highest BCUT2D eigenvalue weighted by atomic mass is 32.1. The van der Waals surface area contributed by atoms with E-state index in [0.717, 1.165) is 40.7 Å². The van der Waals surface area contributed by atoms with Gasteiger partial charge in [-0.15, -0.1) is 0 Å². The third-order valence-electron chi connectivity index (χ3n) is 4.82. The largest absolute Gasteiger partial charge is 0.329 e. The highest BCUT2D eigenvalue weighted by Gasteiger charge is 2.15. The van der Waals surface area contributed by atoms with Crippen molar-refractivity contribution in [3.63, 3.8) is 0 Å². The zero-order valence-corrected chi connectivity index (χ0v) is 17.5. The number of benzene rings is 1. The first kappa shape index (κ1) is 19.1. The van der Waals surface area contributed by atoms with Crippen molar-refractivity contribution in [3.8, 4) is 0 Å². The molecule has 0 aliphatic carbocycles. The Kier molecular flexibility index (Phi) is 5.32. The van der Waals surface area contributed by atoms with Crippen LogP contribution in [0.15, 0.2) is 24.3 Å². The minimum Gasteiger partial charge on any atom is -0.329 e. The lowest BCUT2D eigenvalue weighted by molar-refractivity contribution is 0.659. The van der Waals surface area contributed by atoms with Crippen LogP contribution in [0, 0.1) is 34.6 Å². The molecule has 6 nitrogen and oxygen atoms in total. The number of hydrogen-bond acceptors (Lipinski definition) is 3. The zero-order valence-electron chi connectivity index (χ0n) is 16.7. The summed E-state index contributed by atoms with van der Waals surface area (Å²) in [6.45, 7) is 10.9. The number of anilines is 2. The number of rotatable bonds is 4. The second kappa shape index (κ2) is 7.52. The van der Waals surface area contributed by atoms with Crippen LogP contribution in [-0.2, 0) is 13.6 Å². The van der Waals surface area contributed by atoms with Gasteiger partial charge in [-0.25, -0.2) is 0 Å². The molecular formula is C20H26N6S. The van der Waals surface area contributed by atoms with Crippen LogP contribution in [0.5, 0.6) is 0 Å². The predicted octanol–water partition coefficient (Wildman–Crippen LogP) is 4.02. The maximum absolute atomic E-state index is 5.52. The van der Waals surface area contributed by atoms with Crippen LogP contribution in [0.25, 0.3) is 0 Å². The Morgan fingerprint density at radius 2 is 1.44 bits per heavy atom. The molecule has 0 amide bonds. The van der Waals surface area contributed by atoms with Gasteiger partial charge in [-0.05, 0) is 52.4 Å². The van der Waals surface area contributed by atoms with Crippen molar-refractivity contribution in [2.24, 2.45) is 7.05 Å². The first-order valence-electron chi connectivity index (χ1n) is 8.94. The quantitative estimate of drug-likeness (QED) is 0.668. The van der Waals surface area contributed by atoms with E-state index in [2.05, 4.69) is 58.9 Å². The lowest BCUT2D eigenvalue weighted by atomic mass is 10.1. The average molecular weight is 383 g/mol. The Morgan fingerprint density at radius 1 is 0.889 bits per heavy atom. The second-order valence-corrected chi connectivity index (χ2v) is 7.35. The van der Waals surface area contributed by atoms with Crippen LogP contribution in [-0.4, -0.2) is 24.7 Å². The highest BCUT2D eigenvalue weighted by molar-refractivity contribution is 7.80. The summed E-state index contributed by atoms with van der Waals surface area (Å²) >= 11 is 5.52. The lowest BCUT2D eigenvalue weighted by Crippen LogP contribution is -2.20. The van der Waals surface area contributed by atoms with Crippen molar-refractivity contribution in [2.45, 2.75) is 41.2 Å². The molecule has 142 valence electrons. The predicted molar refractivity (Wildman–Crippen MR) is 115 cm³/mol. The molecule has 0 radical (unpaired) electrons. The van der Waals surface area contributed by atoms with E-state index in [4.69, 9.17) is 12.2 Å². The molecule has 1 aromatic carbocycles. The first-order valence-corrected chi connectivity index (χ1v) is 9.35. The number of nitrogens with one attached hydrogen (secondary N) is 2. The molecule has 0 fully saturated rings. The Morgan fingerprint density at radius 3 is 2.00 bits per heavy atom. The molecule has 2 heterocycles. The summed E-state index contributed by atoms with van der Waals surface area (Å²) in [6.07, 6.45) is 0. The molecule has 0 saturated heterocycles. The van der Waals surface area contributed by atoms with Crippen LogP contribution in [0.3, 0.4) is 0 Å². The molecule has 0 aliphatic heterocycles. The standard InChI is InChI=1S/C20H26N6S/c1-12-7-9-17(10-8-12)11-26-16(5)19(14(3)24-26)22-20(27)21-18-13(2)23-25(6)15(18)4/h7-10H,11H2,1-6H3,(H2,21,22,27). The van der Waals surface area contributed by atoms with Crippen LogP contribution in [0.2, 0.25) is 0 Å². The molecule has 2 aromatic heterocycles. The van der Waals surface area contributed by atoms with Gasteiger partial charge in [-0.2, -0.15) is 10.2 Å². The fourth-order valence-electron chi connectivity index (χ4n) is 3.11. The molecule has 27 heavy (non-hydrogen) atoms. The monoisotopic (exact) mass is 382 g/mol. The first-order chi connectivity index (χ1) is 12.8. The lowest BCUT2D eigenvalue weighted by Gasteiger charge is -2.12.